The lowest BCUT2D eigenvalue weighted by atomic mass is 10.4. The lowest BCUT2D eigenvalue weighted by molar-refractivity contribution is -0.116. The van der Waals surface area contributed by atoms with Crippen molar-refractivity contribution in [2.24, 2.45) is 0 Å². The predicted molar refractivity (Wildman–Crippen MR) is 61.7 cm³/mol. The molecule has 0 unspecified atom stereocenters. The van der Waals surface area contributed by atoms with E-state index in [0.29, 0.717) is 23.3 Å². The Morgan fingerprint density at radius 1 is 1.56 bits per heavy atom. The average molecular weight is 269 g/mol. The van der Waals surface area contributed by atoms with Gasteiger partial charge in [-0.15, -0.1) is 15.3 Å². The highest BCUT2D eigenvalue weighted by Crippen LogP contribution is 2.15. The third kappa shape index (κ3) is 3.53. The quantitative estimate of drug-likeness (QED) is 0.766. The summed E-state index contributed by atoms with van der Waals surface area (Å²) >= 11 is 1.28. The van der Waals surface area contributed by atoms with E-state index in [1.165, 1.54) is 22.3 Å². The van der Waals surface area contributed by atoms with Crippen LogP contribution in [-0.4, -0.2) is 43.4 Å². The van der Waals surface area contributed by atoms with Gasteiger partial charge in [-0.3, -0.25) is 4.79 Å². The summed E-state index contributed by atoms with van der Waals surface area (Å²) in [6.07, 6.45) is 1.72. The molecule has 0 spiro atoms. The molecule has 0 radical (unpaired) electrons. The maximum atomic E-state index is 11.6. The Labute approximate surface area is 106 Å². The first kappa shape index (κ1) is 12.5. The zero-order chi connectivity index (χ0) is 12.8. The van der Waals surface area contributed by atoms with Crippen LogP contribution in [0.2, 0.25) is 0 Å². The first-order valence-corrected chi connectivity index (χ1v) is 5.91. The molecule has 0 atom stereocenters. The van der Waals surface area contributed by atoms with Crippen LogP contribution in [0, 0.1) is 0 Å². The van der Waals surface area contributed by atoms with E-state index in [4.69, 9.17) is 4.74 Å². The van der Waals surface area contributed by atoms with Gasteiger partial charge in [-0.2, -0.15) is 0 Å². The fourth-order valence-electron chi connectivity index (χ4n) is 1.17. The number of methoxy groups -OCH3 is 1. The van der Waals surface area contributed by atoms with Gasteiger partial charge < -0.3 is 10.1 Å². The first-order chi connectivity index (χ1) is 8.78. The summed E-state index contributed by atoms with van der Waals surface area (Å²) in [4.78, 5) is 11.6. The lowest BCUT2D eigenvalue weighted by Gasteiger charge is -2.00. The van der Waals surface area contributed by atoms with Crippen molar-refractivity contribution in [1.82, 2.24) is 30.4 Å². The number of carbonyl (C=O) groups excluding carboxylic acids is 1. The molecule has 0 saturated heterocycles. The number of nitrogens with one attached hydrogen (secondary N) is 1. The van der Waals surface area contributed by atoms with Gasteiger partial charge in [0.2, 0.25) is 11.0 Å². The van der Waals surface area contributed by atoms with Crippen LogP contribution >= 0.6 is 11.3 Å². The fourth-order valence-corrected chi connectivity index (χ4v) is 1.89. The van der Waals surface area contributed by atoms with Gasteiger partial charge >= 0.3 is 0 Å². The topological polar surface area (TPSA) is 108 Å². The average Bonchev–Trinajstić information content (AvgIpc) is 2.99. The molecular formula is C8H11N7O2S. The number of tetrazole rings is 1. The molecular weight excluding hydrogens is 258 g/mol. The van der Waals surface area contributed by atoms with Crippen LogP contribution in [0.4, 0.5) is 5.13 Å². The molecule has 0 fully saturated rings. The van der Waals surface area contributed by atoms with E-state index in [0.717, 1.165) is 0 Å². The smallest absolute Gasteiger partial charge is 0.228 e. The third-order valence-corrected chi connectivity index (χ3v) is 2.75. The van der Waals surface area contributed by atoms with Gasteiger partial charge in [0.1, 0.15) is 17.9 Å². The van der Waals surface area contributed by atoms with E-state index in [1.807, 2.05) is 0 Å². The lowest BCUT2D eigenvalue weighted by Crippen LogP contribution is -2.14. The molecule has 96 valence electrons. The summed E-state index contributed by atoms with van der Waals surface area (Å²) < 4.78 is 6.39. The maximum absolute atomic E-state index is 11.6. The van der Waals surface area contributed by atoms with Crippen LogP contribution in [0.3, 0.4) is 0 Å². The molecule has 2 heterocycles. The van der Waals surface area contributed by atoms with Crippen molar-refractivity contribution in [3.05, 3.63) is 11.3 Å². The summed E-state index contributed by atoms with van der Waals surface area (Å²) in [5, 5.41) is 22.1. The molecule has 9 nitrogen and oxygen atoms in total. The van der Waals surface area contributed by atoms with Gasteiger partial charge in [0.05, 0.1) is 6.54 Å². The number of aryl methyl sites for hydroxylation is 1. The molecule has 0 bridgehead atoms. The number of aromatic nitrogens is 6. The van der Waals surface area contributed by atoms with E-state index in [9.17, 15) is 4.79 Å². The third-order valence-electron chi connectivity index (χ3n) is 1.94. The minimum Gasteiger partial charge on any atom is -0.377 e. The maximum Gasteiger partial charge on any atom is 0.228 e. The first-order valence-electron chi connectivity index (χ1n) is 5.10. The number of hydrogen-bond donors (Lipinski definition) is 1. The number of nitrogens with zero attached hydrogens (tertiary/aromatic N) is 6. The minimum absolute atomic E-state index is 0.161. The molecule has 18 heavy (non-hydrogen) atoms. The molecule has 0 aliphatic carbocycles. The van der Waals surface area contributed by atoms with Gasteiger partial charge in [0, 0.05) is 13.5 Å². The number of amides is 1. The Morgan fingerprint density at radius 2 is 2.44 bits per heavy atom. The SMILES string of the molecule is COCc1nnc(NC(=O)CCn2cnnn2)s1. The molecule has 2 rings (SSSR count). The van der Waals surface area contributed by atoms with Crippen LogP contribution < -0.4 is 5.32 Å². The number of rotatable bonds is 6. The summed E-state index contributed by atoms with van der Waals surface area (Å²) in [5.41, 5.74) is 0. The predicted octanol–water partition coefficient (Wildman–Crippen LogP) is -0.300. The van der Waals surface area contributed by atoms with Crippen molar-refractivity contribution >= 4 is 22.4 Å². The summed E-state index contributed by atoms with van der Waals surface area (Å²) in [6.45, 7) is 0.806. The van der Waals surface area contributed by atoms with Crippen molar-refractivity contribution in [2.75, 3.05) is 12.4 Å². The summed E-state index contributed by atoms with van der Waals surface area (Å²) in [6, 6.07) is 0. The van der Waals surface area contributed by atoms with E-state index in [-0.39, 0.29) is 12.3 Å². The van der Waals surface area contributed by atoms with Crippen molar-refractivity contribution < 1.29 is 9.53 Å². The molecule has 0 aromatic carbocycles. The van der Waals surface area contributed by atoms with Crippen LogP contribution in [-0.2, 0) is 22.7 Å². The molecule has 2 aromatic rings. The molecule has 0 aliphatic heterocycles. The number of hydrogen-bond acceptors (Lipinski definition) is 8. The second-order valence-corrected chi connectivity index (χ2v) is 4.37. The van der Waals surface area contributed by atoms with Crippen LogP contribution in [0.15, 0.2) is 6.33 Å². The normalized spacial score (nSPS) is 10.5. The molecule has 0 saturated carbocycles. The highest BCUT2D eigenvalue weighted by atomic mass is 32.1. The fraction of sp³-hybridized carbons (Fsp3) is 0.500. The Morgan fingerprint density at radius 3 is 3.17 bits per heavy atom. The molecule has 0 aliphatic rings. The molecule has 1 amide bonds. The highest BCUT2D eigenvalue weighted by molar-refractivity contribution is 7.15. The Kier molecular flexibility index (Phi) is 4.25. The Bertz CT molecular complexity index is 497. The van der Waals surface area contributed by atoms with Crippen molar-refractivity contribution in [3.8, 4) is 0 Å². The van der Waals surface area contributed by atoms with Crippen LogP contribution in [0.1, 0.15) is 11.4 Å². The second-order valence-electron chi connectivity index (χ2n) is 3.31. The molecule has 2 aromatic heterocycles. The monoisotopic (exact) mass is 269 g/mol. The van der Waals surface area contributed by atoms with E-state index in [1.54, 1.807) is 7.11 Å². The minimum atomic E-state index is -0.161. The van der Waals surface area contributed by atoms with Gasteiger partial charge in [0.15, 0.2) is 0 Å². The molecule has 10 heteroatoms. The van der Waals surface area contributed by atoms with Crippen molar-refractivity contribution in [3.63, 3.8) is 0 Å². The Hall–Kier alpha value is -1.94. The summed E-state index contributed by atoms with van der Waals surface area (Å²) in [5.74, 6) is -0.161. The number of anilines is 1. The van der Waals surface area contributed by atoms with E-state index in [2.05, 4.69) is 31.0 Å². The zero-order valence-electron chi connectivity index (χ0n) is 9.61. The van der Waals surface area contributed by atoms with Gasteiger partial charge in [-0.1, -0.05) is 11.3 Å². The summed E-state index contributed by atoms with van der Waals surface area (Å²) in [7, 11) is 1.58. The zero-order valence-corrected chi connectivity index (χ0v) is 10.4. The van der Waals surface area contributed by atoms with Crippen molar-refractivity contribution in [1.29, 1.82) is 0 Å². The van der Waals surface area contributed by atoms with E-state index < -0.39 is 0 Å². The van der Waals surface area contributed by atoms with E-state index >= 15 is 0 Å². The van der Waals surface area contributed by atoms with Gasteiger partial charge in [0.25, 0.3) is 0 Å². The highest BCUT2D eigenvalue weighted by Gasteiger charge is 2.08. The second kappa shape index (κ2) is 6.12. The van der Waals surface area contributed by atoms with Crippen LogP contribution in [0.25, 0.3) is 0 Å². The standard InChI is InChI=1S/C8H11N7O2S/c1-17-4-7-11-12-8(18-7)10-6(16)2-3-15-5-9-13-14-15/h5H,2-4H2,1H3,(H,10,12,16). The van der Waals surface area contributed by atoms with Gasteiger partial charge in [-0.25, -0.2) is 4.68 Å². The number of carbonyl (C=O) groups is 1. The Balaban J connectivity index is 1.79. The largest absolute Gasteiger partial charge is 0.377 e. The number of ether oxygens (including phenoxy) is 1. The van der Waals surface area contributed by atoms with Crippen LogP contribution in [0.5, 0.6) is 0 Å². The van der Waals surface area contributed by atoms with Gasteiger partial charge in [-0.05, 0) is 10.4 Å². The molecule has 1 N–H and O–H groups in total. The van der Waals surface area contributed by atoms with Crippen molar-refractivity contribution in [2.45, 2.75) is 19.6 Å².